The van der Waals surface area contributed by atoms with Crippen molar-refractivity contribution in [3.05, 3.63) is 66.0 Å². The molecular weight excluding hydrogens is 691 g/mol. The quantitative estimate of drug-likeness (QED) is 0.0591. The number of unbranched alkanes of at least 4 members (excludes halogenated alkanes) is 20. The Bertz CT molecular complexity index is 1350. The van der Waals surface area contributed by atoms with Gasteiger partial charge in [-0.25, -0.2) is 15.0 Å². The minimum Gasteiger partial charge on any atom is -0.337 e. The first-order valence-electron chi connectivity index (χ1n) is 23.0. The van der Waals surface area contributed by atoms with Gasteiger partial charge in [-0.2, -0.15) is 0 Å². The molecule has 3 aromatic rings. The Morgan fingerprint density at radius 3 is 0.911 bits per heavy atom. The lowest BCUT2D eigenvalue weighted by molar-refractivity contribution is 0.0736. The van der Waals surface area contributed by atoms with Gasteiger partial charge in [-0.15, -0.1) is 0 Å². The summed E-state index contributed by atoms with van der Waals surface area (Å²) in [5, 5.41) is 0. The first-order valence-corrected chi connectivity index (χ1v) is 23.0. The summed E-state index contributed by atoms with van der Waals surface area (Å²) in [6.07, 6.45) is 28.8. The van der Waals surface area contributed by atoms with E-state index in [1.165, 1.54) is 103 Å². The van der Waals surface area contributed by atoms with E-state index < -0.39 is 0 Å². The van der Waals surface area contributed by atoms with E-state index in [0.29, 0.717) is 34.2 Å². The molecule has 7 heteroatoms. The fourth-order valence-corrected chi connectivity index (χ4v) is 7.40. The smallest absolute Gasteiger partial charge is 0.272 e. The highest BCUT2D eigenvalue weighted by Crippen LogP contribution is 2.22. The maximum Gasteiger partial charge on any atom is 0.272 e. The number of aromatic nitrogens is 3. The number of rotatable bonds is 32. The second-order valence-corrected chi connectivity index (χ2v) is 15.9. The molecule has 0 bridgehead atoms. The molecule has 3 rings (SSSR count). The lowest BCUT2D eigenvalue weighted by Crippen LogP contribution is -2.33. The van der Waals surface area contributed by atoms with Gasteiger partial charge in [0.15, 0.2) is 0 Å². The number of carbonyl (C=O) groups is 2. The van der Waals surface area contributed by atoms with Gasteiger partial charge in [-0.1, -0.05) is 174 Å². The summed E-state index contributed by atoms with van der Waals surface area (Å²) in [4.78, 5) is 46.7. The molecule has 0 aromatic carbocycles. The molecule has 0 saturated carbocycles. The fraction of sp³-hybridized carbons (Fsp3) is 0.653. The Balaban J connectivity index is 1.74. The molecule has 0 unspecified atom stereocenters. The molecule has 0 atom stereocenters. The van der Waals surface area contributed by atoms with Crippen LogP contribution in [-0.2, 0) is 0 Å². The maximum atomic E-state index is 14.0. The van der Waals surface area contributed by atoms with Gasteiger partial charge in [0.2, 0.25) is 0 Å². The molecule has 56 heavy (non-hydrogen) atoms. The Labute approximate surface area is 341 Å². The van der Waals surface area contributed by atoms with Crippen LogP contribution in [0.4, 0.5) is 0 Å². The first kappa shape index (κ1) is 46.8. The number of amides is 2. The number of hydrogen-bond acceptors (Lipinski definition) is 5. The molecule has 0 spiro atoms. The van der Waals surface area contributed by atoms with Gasteiger partial charge < -0.3 is 9.80 Å². The highest BCUT2D eigenvalue weighted by atomic mass is 16.2. The molecule has 0 saturated heterocycles. The Hall–Kier alpha value is -3.61. The number of nitrogens with zero attached hydrogens (tertiary/aromatic N) is 5. The zero-order chi connectivity index (χ0) is 40.1. The van der Waals surface area contributed by atoms with Gasteiger partial charge >= 0.3 is 0 Å². The van der Waals surface area contributed by atoms with Crippen LogP contribution < -0.4 is 0 Å². The molecule has 2 amide bonds. The third-order valence-corrected chi connectivity index (χ3v) is 10.9. The van der Waals surface area contributed by atoms with Crippen LogP contribution in [0.1, 0.15) is 203 Å². The lowest BCUT2D eigenvalue weighted by Gasteiger charge is -2.23. The minimum atomic E-state index is 0.00414. The third-order valence-electron chi connectivity index (χ3n) is 10.9. The second kappa shape index (κ2) is 29.6. The number of pyridine rings is 3. The molecule has 0 N–H and O–H groups in total. The molecular formula is C49H77N5O2. The van der Waals surface area contributed by atoms with E-state index in [0.717, 1.165) is 77.5 Å². The highest BCUT2D eigenvalue weighted by Gasteiger charge is 2.20. The molecule has 0 radical (unpaired) electrons. The molecule has 0 fully saturated rings. The SMILES string of the molecule is CCCCCCCCN(CCCCCCCC)C(=O)c1cccc(-c2cccc(-c3cccc(C(=O)N(CCCCCCCC)CCCCCCCC)n3)n2)n1. The van der Waals surface area contributed by atoms with Gasteiger partial charge in [0.25, 0.3) is 11.8 Å². The predicted octanol–water partition coefficient (Wildman–Crippen LogP) is 13.5. The van der Waals surface area contributed by atoms with Gasteiger partial charge in [-0.05, 0) is 62.1 Å². The van der Waals surface area contributed by atoms with Crippen LogP contribution in [0, 0.1) is 0 Å². The van der Waals surface area contributed by atoms with Crippen molar-refractivity contribution in [2.45, 2.75) is 182 Å². The van der Waals surface area contributed by atoms with Crippen LogP contribution >= 0.6 is 0 Å². The predicted molar refractivity (Wildman–Crippen MR) is 236 cm³/mol. The third kappa shape index (κ3) is 18.1. The van der Waals surface area contributed by atoms with Gasteiger partial charge in [0.1, 0.15) is 11.4 Å². The van der Waals surface area contributed by atoms with Crippen molar-refractivity contribution in [2.75, 3.05) is 26.2 Å². The summed E-state index contributed by atoms with van der Waals surface area (Å²) in [5.41, 5.74) is 3.62. The average Bonchev–Trinajstić information content (AvgIpc) is 3.23. The molecule has 0 aliphatic carbocycles. The Morgan fingerprint density at radius 2 is 0.607 bits per heavy atom. The van der Waals surface area contributed by atoms with Gasteiger partial charge in [0.05, 0.1) is 22.8 Å². The van der Waals surface area contributed by atoms with E-state index in [1.54, 1.807) is 0 Å². The monoisotopic (exact) mass is 768 g/mol. The van der Waals surface area contributed by atoms with E-state index in [9.17, 15) is 9.59 Å². The lowest BCUT2D eigenvalue weighted by atomic mass is 10.1. The minimum absolute atomic E-state index is 0.00414. The molecule has 0 aliphatic rings. The highest BCUT2D eigenvalue weighted by molar-refractivity contribution is 5.93. The molecule has 3 heterocycles. The number of hydrogen-bond donors (Lipinski definition) is 0. The van der Waals surface area contributed by atoms with E-state index in [4.69, 9.17) is 15.0 Å². The van der Waals surface area contributed by atoms with Gasteiger partial charge in [-0.3, -0.25) is 9.59 Å². The molecule has 0 aliphatic heterocycles. The van der Waals surface area contributed by atoms with Crippen molar-refractivity contribution >= 4 is 11.8 Å². The van der Waals surface area contributed by atoms with Crippen LogP contribution in [0.25, 0.3) is 22.8 Å². The van der Waals surface area contributed by atoms with Crippen molar-refractivity contribution in [3.8, 4) is 22.8 Å². The summed E-state index contributed by atoms with van der Waals surface area (Å²) in [6, 6.07) is 17.2. The summed E-state index contributed by atoms with van der Waals surface area (Å²) < 4.78 is 0. The summed E-state index contributed by atoms with van der Waals surface area (Å²) in [7, 11) is 0. The Kier molecular flexibility index (Phi) is 24.7. The zero-order valence-corrected chi connectivity index (χ0v) is 36.0. The van der Waals surface area contributed by atoms with Crippen LogP contribution in [0.3, 0.4) is 0 Å². The maximum absolute atomic E-state index is 14.0. The van der Waals surface area contributed by atoms with Crippen LogP contribution in [-0.4, -0.2) is 62.7 Å². The Morgan fingerprint density at radius 1 is 0.357 bits per heavy atom. The van der Waals surface area contributed by atoms with Crippen LogP contribution in [0.5, 0.6) is 0 Å². The van der Waals surface area contributed by atoms with Crippen molar-refractivity contribution in [1.29, 1.82) is 0 Å². The van der Waals surface area contributed by atoms with Crippen molar-refractivity contribution in [3.63, 3.8) is 0 Å². The zero-order valence-electron chi connectivity index (χ0n) is 36.0. The van der Waals surface area contributed by atoms with Crippen LogP contribution in [0.2, 0.25) is 0 Å². The van der Waals surface area contributed by atoms with Crippen LogP contribution in [0.15, 0.2) is 54.6 Å². The summed E-state index contributed by atoms with van der Waals surface area (Å²) >= 11 is 0. The second-order valence-electron chi connectivity index (χ2n) is 15.9. The summed E-state index contributed by atoms with van der Waals surface area (Å²) in [5.74, 6) is 0.00829. The van der Waals surface area contributed by atoms with Crippen molar-refractivity contribution < 1.29 is 9.59 Å². The molecule has 7 nitrogen and oxygen atoms in total. The first-order chi connectivity index (χ1) is 27.5. The standard InChI is InChI=1S/C49H77N5O2/c1-5-9-13-17-21-25-38-53(39-26-22-18-14-10-6-2)48(55)46-36-30-34-44(51-46)42-32-29-33-43(50-42)45-35-31-37-47(52-45)49(56)54(40-27-23-19-15-11-7-3)41-28-24-20-16-12-8-4/h29-37H,5-28,38-41H2,1-4H3. The summed E-state index contributed by atoms with van der Waals surface area (Å²) in [6.45, 7) is 12.1. The van der Waals surface area contributed by atoms with E-state index in [1.807, 2.05) is 64.4 Å². The largest absolute Gasteiger partial charge is 0.337 e. The molecule has 3 aromatic heterocycles. The van der Waals surface area contributed by atoms with Gasteiger partial charge in [0, 0.05) is 26.2 Å². The van der Waals surface area contributed by atoms with E-state index in [-0.39, 0.29) is 11.8 Å². The van der Waals surface area contributed by atoms with E-state index in [2.05, 4.69) is 27.7 Å². The fourth-order valence-electron chi connectivity index (χ4n) is 7.40. The number of carbonyl (C=O) groups excluding carboxylic acids is 2. The van der Waals surface area contributed by atoms with E-state index >= 15 is 0 Å². The van der Waals surface area contributed by atoms with Crippen molar-refractivity contribution in [2.24, 2.45) is 0 Å². The topological polar surface area (TPSA) is 79.3 Å². The molecule has 310 valence electrons. The normalized spacial score (nSPS) is 11.2. The average molecular weight is 768 g/mol. The van der Waals surface area contributed by atoms with Crippen molar-refractivity contribution in [1.82, 2.24) is 24.8 Å².